The fourth-order valence-corrected chi connectivity index (χ4v) is 2.68. The van der Waals surface area contributed by atoms with Crippen LogP contribution in [0.25, 0.3) is 0 Å². The third kappa shape index (κ3) is 6.97. The Morgan fingerprint density at radius 1 is 1.27 bits per heavy atom. The number of halogens is 1. The minimum absolute atomic E-state index is 0. The van der Waals surface area contributed by atoms with Crippen molar-refractivity contribution in [3.63, 3.8) is 0 Å². The number of nitrogens with one attached hydrogen (secondary N) is 2. The molecule has 0 saturated carbocycles. The van der Waals surface area contributed by atoms with Crippen molar-refractivity contribution in [2.75, 3.05) is 13.1 Å². The molecule has 146 valence electrons. The van der Waals surface area contributed by atoms with Gasteiger partial charge in [-0.15, -0.1) is 24.0 Å². The highest BCUT2D eigenvalue weighted by atomic mass is 127. The smallest absolute Gasteiger partial charge is 0.191 e. The van der Waals surface area contributed by atoms with Crippen LogP contribution in [0.5, 0.6) is 0 Å². The highest BCUT2D eigenvalue weighted by molar-refractivity contribution is 14.0. The Bertz CT molecular complexity index is 662. The Labute approximate surface area is 173 Å². The summed E-state index contributed by atoms with van der Waals surface area (Å²) in [6.45, 7) is 11.3. The fourth-order valence-electron chi connectivity index (χ4n) is 2.68. The number of rotatable bonds is 9. The van der Waals surface area contributed by atoms with Gasteiger partial charge in [0, 0.05) is 31.3 Å². The molecule has 0 radical (unpaired) electrons. The molecule has 2 N–H and O–H groups in total. The van der Waals surface area contributed by atoms with Crippen LogP contribution in [0.3, 0.4) is 0 Å². The van der Waals surface area contributed by atoms with Gasteiger partial charge in [-0.05, 0) is 32.3 Å². The molecule has 0 spiro atoms. The van der Waals surface area contributed by atoms with Crippen LogP contribution in [0.2, 0.25) is 0 Å². The van der Waals surface area contributed by atoms with Gasteiger partial charge in [-0.2, -0.15) is 5.10 Å². The van der Waals surface area contributed by atoms with Crippen LogP contribution in [-0.2, 0) is 13.1 Å². The summed E-state index contributed by atoms with van der Waals surface area (Å²) >= 11 is 0. The summed E-state index contributed by atoms with van der Waals surface area (Å²) in [5.74, 6) is 2.03. The molecular formula is C18H31IN6O. The highest BCUT2D eigenvalue weighted by Gasteiger charge is 2.12. The van der Waals surface area contributed by atoms with E-state index in [9.17, 15) is 0 Å². The zero-order valence-electron chi connectivity index (χ0n) is 16.2. The highest BCUT2D eigenvalue weighted by Crippen LogP contribution is 2.22. The number of guanidine groups is 1. The van der Waals surface area contributed by atoms with Gasteiger partial charge in [-0.1, -0.05) is 19.0 Å². The lowest BCUT2D eigenvalue weighted by molar-refractivity contribution is 0.372. The maximum absolute atomic E-state index is 5.43. The summed E-state index contributed by atoms with van der Waals surface area (Å²) in [6, 6.07) is 2.03. The van der Waals surface area contributed by atoms with Crippen molar-refractivity contribution in [2.24, 2.45) is 4.99 Å². The summed E-state index contributed by atoms with van der Waals surface area (Å²) < 4.78 is 7.35. The Balaban J connectivity index is 0.00000338. The van der Waals surface area contributed by atoms with Crippen LogP contribution >= 0.6 is 24.0 Å². The summed E-state index contributed by atoms with van der Waals surface area (Å²) in [6.07, 6.45) is 6.03. The Hall–Kier alpha value is -1.58. The first-order valence-corrected chi connectivity index (χ1v) is 9.12. The zero-order valence-corrected chi connectivity index (χ0v) is 18.5. The van der Waals surface area contributed by atoms with Crippen molar-refractivity contribution in [1.82, 2.24) is 25.6 Å². The second-order valence-electron chi connectivity index (χ2n) is 6.13. The molecule has 8 heteroatoms. The lowest BCUT2D eigenvalue weighted by atomic mass is 9.99. The van der Waals surface area contributed by atoms with E-state index in [1.54, 1.807) is 0 Å². The first-order chi connectivity index (χ1) is 12.2. The third-order valence-electron chi connectivity index (χ3n) is 4.11. The van der Waals surface area contributed by atoms with Crippen LogP contribution < -0.4 is 10.6 Å². The largest absolute Gasteiger partial charge is 0.359 e. The maximum atomic E-state index is 5.43. The Kier molecular flexibility index (Phi) is 10.3. The topological polar surface area (TPSA) is 80.3 Å². The molecule has 0 saturated heterocycles. The number of aryl methyl sites for hydroxylation is 1. The number of hydrogen-bond acceptors (Lipinski definition) is 4. The van der Waals surface area contributed by atoms with E-state index in [0.717, 1.165) is 49.9 Å². The molecule has 0 bridgehead atoms. The zero-order chi connectivity index (χ0) is 18.1. The molecule has 2 aromatic rings. The third-order valence-corrected chi connectivity index (χ3v) is 4.11. The first-order valence-electron chi connectivity index (χ1n) is 9.12. The molecule has 0 aliphatic heterocycles. The predicted molar refractivity (Wildman–Crippen MR) is 115 cm³/mol. The molecule has 26 heavy (non-hydrogen) atoms. The molecule has 0 unspecified atom stereocenters. The monoisotopic (exact) mass is 474 g/mol. The first kappa shape index (κ1) is 22.5. The van der Waals surface area contributed by atoms with Crippen LogP contribution in [0.4, 0.5) is 0 Å². The van der Waals surface area contributed by atoms with Gasteiger partial charge in [0.15, 0.2) is 11.7 Å². The van der Waals surface area contributed by atoms with Gasteiger partial charge in [-0.3, -0.25) is 4.68 Å². The lowest BCUT2D eigenvalue weighted by Gasteiger charge is -2.10. The van der Waals surface area contributed by atoms with Gasteiger partial charge in [-0.25, -0.2) is 4.99 Å². The average molecular weight is 474 g/mol. The fraction of sp³-hybridized carbons (Fsp3) is 0.611. The summed E-state index contributed by atoms with van der Waals surface area (Å²) in [4.78, 5) is 4.58. The molecule has 0 fully saturated rings. The van der Waals surface area contributed by atoms with Crippen LogP contribution in [0.15, 0.2) is 28.0 Å². The molecule has 0 amide bonds. The van der Waals surface area contributed by atoms with Gasteiger partial charge < -0.3 is 15.2 Å². The normalized spacial score (nSPS) is 11.5. The number of aromatic nitrogens is 3. The van der Waals surface area contributed by atoms with E-state index in [4.69, 9.17) is 4.52 Å². The standard InChI is InChI=1S/C18H30N6O.HI/c1-5-15(6-2)17-10-16(25-23-17)12-21-18(19-7-3)20-8-9-24-13-14(4)11-22-24;/h10-11,13,15H,5-9,12H2,1-4H3,(H2,19,20,21);1H. The van der Waals surface area contributed by atoms with E-state index < -0.39 is 0 Å². The van der Waals surface area contributed by atoms with Crippen molar-refractivity contribution in [3.05, 3.63) is 35.5 Å². The van der Waals surface area contributed by atoms with Gasteiger partial charge in [0.25, 0.3) is 0 Å². The SMILES string of the molecule is CCNC(=NCc1cc(C(CC)CC)no1)NCCn1cc(C)cn1.I. The van der Waals surface area contributed by atoms with Crippen molar-refractivity contribution in [2.45, 2.75) is 59.5 Å². The van der Waals surface area contributed by atoms with Gasteiger partial charge in [0.1, 0.15) is 6.54 Å². The average Bonchev–Trinajstić information content (AvgIpc) is 3.23. The molecule has 7 nitrogen and oxygen atoms in total. The molecule has 0 atom stereocenters. The van der Waals surface area contributed by atoms with E-state index >= 15 is 0 Å². The van der Waals surface area contributed by atoms with E-state index in [-0.39, 0.29) is 24.0 Å². The Morgan fingerprint density at radius 2 is 2.04 bits per heavy atom. The number of aliphatic imine (C=N–C) groups is 1. The predicted octanol–water partition coefficient (Wildman–Crippen LogP) is 3.46. The quantitative estimate of drug-likeness (QED) is 0.331. The van der Waals surface area contributed by atoms with Crippen molar-refractivity contribution in [3.8, 4) is 0 Å². The van der Waals surface area contributed by atoms with Crippen LogP contribution in [0, 0.1) is 6.92 Å². The van der Waals surface area contributed by atoms with E-state index in [0.29, 0.717) is 12.5 Å². The number of nitrogens with zero attached hydrogens (tertiary/aromatic N) is 4. The lowest BCUT2D eigenvalue weighted by Crippen LogP contribution is -2.38. The van der Waals surface area contributed by atoms with Crippen molar-refractivity contribution < 1.29 is 4.52 Å². The van der Waals surface area contributed by atoms with E-state index in [2.05, 4.69) is 39.7 Å². The minimum atomic E-state index is 0. The second-order valence-corrected chi connectivity index (χ2v) is 6.13. The van der Waals surface area contributed by atoms with Gasteiger partial charge >= 0.3 is 0 Å². The molecule has 2 heterocycles. The molecule has 2 rings (SSSR count). The van der Waals surface area contributed by atoms with Crippen molar-refractivity contribution >= 4 is 29.9 Å². The van der Waals surface area contributed by atoms with Gasteiger partial charge in [0.05, 0.1) is 18.4 Å². The summed E-state index contributed by atoms with van der Waals surface area (Å²) in [5, 5.41) is 15.0. The molecule has 0 aliphatic rings. The van der Waals surface area contributed by atoms with E-state index in [1.165, 1.54) is 5.56 Å². The second kappa shape index (κ2) is 11.9. The van der Waals surface area contributed by atoms with Crippen LogP contribution in [-0.4, -0.2) is 34.0 Å². The maximum Gasteiger partial charge on any atom is 0.191 e. The minimum Gasteiger partial charge on any atom is -0.359 e. The Morgan fingerprint density at radius 3 is 2.65 bits per heavy atom. The van der Waals surface area contributed by atoms with Crippen molar-refractivity contribution in [1.29, 1.82) is 0 Å². The molecule has 0 aromatic carbocycles. The van der Waals surface area contributed by atoms with Gasteiger partial charge in [0.2, 0.25) is 0 Å². The molecular weight excluding hydrogens is 443 g/mol. The molecule has 2 aromatic heterocycles. The summed E-state index contributed by atoms with van der Waals surface area (Å²) in [7, 11) is 0. The van der Waals surface area contributed by atoms with E-state index in [1.807, 2.05) is 37.0 Å². The summed E-state index contributed by atoms with van der Waals surface area (Å²) in [5.41, 5.74) is 2.20. The van der Waals surface area contributed by atoms with Crippen LogP contribution in [0.1, 0.15) is 56.5 Å². The number of hydrogen-bond donors (Lipinski definition) is 2. The molecule has 0 aliphatic carbocycles.